The highest BCUT2D eigenvalue weighted by Crippen LogP contribution is 2.17. The van der Waals surface area contributed by atoms with E-state index in [0.29, 0.717) is 11.0 Å². The molecule has 0 saturated heterocycles. The minimum absolute atomic E-state index is 0.0609. The summed E-state index contributed by atoms with van der Waals surface area (Å²) in [5.74, 6) is -0.506. The molecular formula is C19H18FN5O2S. The summed E-state index contributed by atoms with van der Waals surface area (Å²) >= 11 is 1.21. The number of rotatable bonds is 7. The summed E-state index contributed by atoms with van der Waals surface area (Å²) in [6.45, 7) is 0. The van der Waals surface area contributed by atoms with Crippen LogP contribution in [-0.4, -0.2) is 32.3 Å². The Labute approximate surface area is 165 Å². The molecule has 1 heterocycles. The molecule has 0 saturated carbocycles. The molecule has 28 heavy (non-hydrogen) atoms. The smallest absolute Gasteiger partial charge is 0.234 e. The summed E-state index contributed by atoms with van der Waals surface area (Å²) in [6, 6.07) is 15.1. The van der Waals surface area contributed by atoms with Gasteiger partial charge < -0.3 is 15.2 Å². The highest BCUT2D eigenvalue weighted by Gasteiger charge is 2.15. The van der Waals surface area contributed by atoms with E-state index in [1.807, 2.05) is 18.2 Å². The predicted molar refractivity (Wildman–Crippen MR) is 106 cm³/mol. The number of amides is 2. The summed E-state index contributed by atoms with van der Waals surface area (Å²) in [4.78, 5) is 24.2. The van der Waals surface area contributed by atoms with Crippen molar-refractivity contribution in [3.05, 3.63) is 66.2 Å². The van der Waals surface area contributed by atoms with Crippen LogP contribution in [0.3, 0.4) is 0 Å². The summed E-state index contributed by atoms with van der Waals surface area (Å²) in [6.07, 6.45) is -0.0609. The molecule has 0 aliphatic rings. The molecule has 0 atom stereocenters. The van der Waals surface area contributed by atoms with Crippen molar-refractivity contribution >= 4 is 35.0 Å². The number of thioether (sulfide) groups is 1. The summed E-state index contributed by atoms with van der Waals surface area (Å²) in [7, 11) is 1.71. The van der Waals surface area contributed by atoms with Crippen molar-refractivity contribution in [2.75, 3.05) is 16.4 Å². The number of aromatic nitrogens is 3. The van der Waals surface area contributed by atoms with Gasteiger partial charge in [0, 0.05) is 12.7 Å². The van der Waals surface area contributed by atoms with Gasteiger partial charge in [0.25, 0.3) is 0 Å². The fourth-order valence-electron chi connectivity index (χ4n) is 2.37. The SMILES string of the molecule is Cn1c(CC(=O)Nc2ccccc2F)nnc1SCC(=O)Nc1ccccc1. The van der Waals surface area contributed by atoms with Gasteiger partial charge in [-0.05, 0) is 24.3 Å². The molecule has 7 nitrogen and oxygen atoms in total. The highest BCUT2D eigenvalue weighted by molar-refractivity contribution is 7.99. The van der Waals surface area contributed by atoms with Gasteiger partial charge in [-0.15, -0.1) is 10.2 Å². The lowest BCUT2D eigenvalue weighted by Crippen LogP contribution is -2.18. The van der Waals surface area contributed by atoms with Crippen LogP contribution in [0.5, 0.6) is 0 Å². The number of carbonyl (C=O) groups is 2. The Kier molecular flexibility index (Phi) is 6.38. The lowest BCUT2D eigenvalue weighted by Gasteiger charge is -2.07. The Hall–Kier alpha value is -3.20. The molecule has 3 rings (SSSR count). The minimum atomic E-state index is -0.505. The van der Waals surface area contributed by atoms with Crippen LogP contribution in [0.1, 0.15) is 5.82 Å². The number of hydrogen-bond acceptors (Lipinski definition) is 5. The van der Waals surface area contributed by atoms with Gasteiger partial charge in [0.1, 0.15) is 11.6 Å². The first-order chi connectivity index (χ1) is 13.5. The zero-order valence-electron chi connectivity index (χ0n) is 15.1. The van der Waals surface area contributed by atoms with E-state index in [4.69, 9.17) is 0 Å². The quantitative estimate of drug-likeness (QED) is 0.597. The van der Waals surface area contributed by atoms with Gasteiger partial charge in [-0.1, -0.05) is 42.1 Å². The minimum Gasteiger partial charge on any atom is -0.325 e. The van der Waals surface area contributed by atoms with Crippen LogP contribution in [0.25, 0.3) is 0 Å². The number of anilines is 2. The molecular weight excluding hydrogens is 381 g/mol. The van der Waals surface area contributed by atoms with Gasteiger partial charge >= 0.3 is 0 Å². The van der Waals surface area contributed by atoms with Crippen LogP contribution in [0.15, 0.2) is 59.8 Å². The Morgan fingerprint density at radius 1 is 1.00 bits per heavy atom. The van der Waals surface area contributed by atoms with Gasteiger partial charge in [0.2, 0.25) is 11.8 Å². The molecule has 0 radical (unpaired) electrons. The van der Waals surface area contributed by atoms with E-state index in [9.17, 15) is 14.0 Å². The molecule has 0 unspecified atom stereocenters. The molecule has 1 aromatic heterocycles. The molecule has 0 bridgehead atoms. The first kappa shape index (κ1) is 19.6. The van der Waals surface area contributed by atoms with E-state index in [2.05, 4.69) is 20.8 Å². The van der Waals surface area contributed by atoms with Crippen molar-refractivity contribution in [3.8, 4) is 0 Å². The second-order valence-corrected chi connectivity index (χ2v) is 6.81. The van der Waals surface area contributed by atoms with Gasteiger partial charge in [-0.3, -0.25) is 9.59 Å². The Morgan fingerprint density at radius 3 is 2.46 bits per heavy atom. The molecule has 3 aromatic rings. The number of nitrogens with one attached hydrogen (secondary N) is 2. The normalized spacial score (nSPS) is 10.5. The summed E-state index contributed by atoms with van der Waals surface area (Å²) in [5.41, 5.74) is 0.832. The molecule has 2 N–H and O–H groups in total. The zero-order valence-corrected chi connectivity index (χ0v) is 15.9. The maximum absolute atomic E-state index is 13.6. The number of para-hydroxylation sites is 2. The van der Waals surface area contributed by atoms with Crippen LogP contribution in [0, 0.1) is 5.82 Å². The van der Waals surface area contributed by atoms with Crippen LogP contribution in [0.4, 0.5) is 15.8 Å². The summed E-state index contributed by atoms with van der Waals surface area (Å²) in [5, 5.41) is 13.8. The van der Waals surface area contributed by atoms with Gasteiger partial charge in [-0.2, -0.15) is 0 Å². The molecule has 0 spiro atoms. The lowest BCUT2D eigenvalue weighted by molar-refractivity contribution is -0.116. The van der Waals surface area contributed by atoms with Gasteiger partial charge in [0.15, 0.2) is 5.16 Å². The average Bonchev–Trinajstić information content (AvgIpc) is 3.02. The number of carbonyl (C=O) groups excluding carboxylic acids is 2. The van der Waals surface area contributed by atoms with E-state index >= 15 is 0 Å². The third kappa shape index (κ3) is 5.17. The number of benzene rings is 2. The van der Waals surface area contributed by atoms with E-state index < -0.39 is 11.7 Å². The lowest BCUT2D eigenvalue weighted by atomic mass is 10.3. The second kappa shape index (κ2) is 9.14. The molecule has 144 valence electrons. The van der Waals surface area contributed by atoms with Crippen LogP contribution < -0.4 is 10.6 Å². The second-order valence-electron chi connectivity index (χ2n) is 5.87. The van der Waals surface area contributed by atoms with Crippen LogP contribution in [-0.2, 0) is 23.1 Å². The Balaban J connectivity index is 1.54. The fourth-order valence-corrected chi connectivity index (χ4v) is 3.10. The van der Waals surface area contributed by atoms with E-state index in [1.165, 1.54) is 23.9 Å². The topological polar surface area (TPSA) is 88.9 Å². The molecule has 0 fully saturated rings. The maximum atomic E-state index is 13.6. The van der Waals surface area contributed by atoms with E-state index in [0.717, 1.165) is 5.69 Å². The zero-order chi connectivity index (χ0) is 19.9. The average molecular weight is 399 g/mol. The third-order valence-corrected chi connectivity index (χ3v) is 4.80. The van der Waals surface area contributed by atoms with Crippen LogP contribution in [0.2, 0.25) is 0 Å². The van der Waals surface area contributed by atoms with Crippen molar-refractivity contribution in [1.29, 1.82) is 0 Å². The van der Waals surface area contributed by atoms with Crippen molar-refractivity contribution in [1.82, 2.24) is 14.8 Å². The first-order valence-electron chi connectivity index (χ1n) is 8.43. The monoisotopic (exact) mass is 399 g/mol. The molecule has 2 amide bonds. The van der Waals surface area contributed by atoms with Crippen molar-refractivity contribution in [2.24, 2.45) is 7.05 Å². The molecule has 0 aliphatic heterocycles. The van der Waals surface area contributed by atoms with E-state index in [-0.39, 0.29) is 23.8 Å². The number of halogens is 1. The van der Waals surface area contributed by atoms with Gasteiger partial charge in [-0.25, -0.2) is 4.39 Å². The Morgan fingerprint density at radius 2 is 1.71 bits per heavy atom. The maximum Gasteiger partial charge on any atom is 0.234 e. The van der Waals surface area contributed by atoms with E-state index in [1.54, 1.807) is 35.9 Å². The fraction of sp³-hybridized carbons (Fsp3) is 0.158. The molecule has 2 aromatic carbocycles. The number of hydrogen-bond donors (Lipinski definition) is 2. The highest BCUT2D eigenvalue weighted by atomic mass is 32.2. The largest absolute Gasteiger partial charge is 0.325 e. The van der Waals surface area contributed by atoms with Gasteiger partial charge in [0.05, 0.1) is 17.9 Å². The first-order valence-corrected chi connectivity index (χ1v) is 9.42. The van der Waals surface area contributed by atoms with Crippen LogP contribution >= 0.6 is 11.8 Å². The summed E-state index contributed by atoms with van der Waals surface area (Å²) < 4.78 is 15.3. The standard InChI is InChI=1S/C19H18FN5O2S/c1-25-16(11-17(26)22-15-10-6-5-9-14(15)20)23-24-19(25)28-12-18(27)21-13-7-3-2-4-8-13/h2-10H,11-12H2,1H3,(H,21,27)(H,22,26). The number of nitrogens with zero attached hydrogens (tertiary/aromatic N) is 3. The molecule has 0 aliphatic carbocycles. The van der Waals surface area contributed by atoms with Crippen molar-refractivity contribution in [2.45, 2.75) is 11.6 Å². The third-order valence-electron chi connectivity index (χ3n) is 3.78. The Bertz CT molecular complexity index is 977. The predicted octanol–water partition coefficient (Wildman–Crippen LogP) is 2.87. The molecule has 9 heteroatoms. The van der Waals surface area contributed by atoms with Crippen molar-refractivity contribution in [3.63, 3.8) is 0 Å². The van der Waals surface area contributed by atoms with Crippen molar-refractivity contribution < 1.29 is 14.0 Å².